The summed E-state index contributed by atoms with van der Waals surface area (Å²) < 4.78 is 0. The van der Waals surface area contributed by atoms with Crippen LogP contribution in [0, 0.1) is 11.8 Å². The summed E-state index contributed by atoms with van der Waals surface area (Å²) in [5.74, 6) is -2.13. The van der Waals surface area contributed by atoms with Gasteiger partial charge in [0.15, 0.2) is 0 Å². The highest BCUT2D eigenvalue weighted by Gasteiger charge is 2.37. The monoisotopic (exact) mass is 310 g/mol. The van der Waals surface area contributed by atoms with Crippen molar-refractivity contribution in [1.82, 2.24) is 10.6 Å². The summed E-state index contributed by atoms with van der Waals surface area (Å²) in [5, 5.41) is 14.5. The third-order valence-electron chi connectivity index (χ3n) is 4.87. The number of rotatable bonds is 5. The van der Waals surface area contributed by atoms with E-state index in [9.17, 15) is 14.4 Å². The molecule has 0 heterocycles. The second kappa shape index (κ2) is 7.61. The molecule has 124 valence electrons. The van der Waals surface area contributed by atoms with E-state index in [-0.39, 0.29) is 23.8 Å². The van der Waals surface area contributed by atoms with Crippen molar-refractivity contribution in [2.75, 3.05) is 0 Å². The van der Waals surface area contributed by atoms with E-state index in [0.717, 1.165) is 38.5 Å². The predicted octanol–water partition coefficient (Wildman–Crippen LogP) is 1.44. The smallest absolute Gasteiger partial charge is 0.325 e. The van der Waals surface area contributed by atoms with E-state index in [1.807, 2.05) is 0 Å². The van der Waals surface area contributed by atoms with E-state index < -0.39 is 17.9 Å². The first kappa shape index (κ1) is 16.8. The number of hydrogen-bond acceptors (Lipinski definition) is 3. The van der Waals surface area contributed by atoms with Gasteiger partial charge in [0.1, 0.15) is 6.04 Å². The molecule has 0 saturated heterocycles. The SMILES string of the molecule is CC(NC(=O)C1CCCCC1C(=O)NC1CCCC1)C(=O)O. The lowest BCUT2D eigenvalue weighted by molar-refractivity contribution is -0.143. The van der Waals surface area contributed by atoms with Gasteiger partial charge in [-0.2, -0.15) is 0 Å². The fourth-order valence-electron chi connectivity index (χ4n) is 3.52. The fourth-order valence-corrected chi connectivity index (χ4v) is 3.52. The average Bonchev–Trinajstić information content (AvgIpc) is 2.99. The average molecular weight is 310 g/mol. The van der Waals surface area contributed by atoms with Crippen LogP contribution >= 0.6 is 0 Å². The van der Waals surface area contributed by atoms with Crippen LogP contribution in [0.15, 0.2) is 0 Å². The van der Waals surface area contributed by atoms with Crippen molar-refractivity contribution in [3.05, 3.63) is 0 Å². The number of carboxylic acids is 1. The zero-order valence-corrected chi connectivity index (χ0v) is 13.1. The molecule has 0 aromatic heterocycles. The number of aliphatic carboxylic acids is 1. The summed E-state index contributed by atoms with van der Waals surface area (Å²) in [4.78, 5) is 35.7. The number of carbonyl (C=O) groups excluding carboxylic acids is 2. The molecule has 0 spiro atoms. The molecule has 2 aliphatic carbocycles. The topological polar surface area (TPSA) is 95.5 Å². The summed E-state index contributed by atoms with van der Waals surface area (Å²) in [6.45, 7) is 1.44. The van der Waals surface area contributed by atoms with Crippen molar-refractivity contribution in [3.8, 4) is 0 Å². The van der Waals surface area contributed by atoms with Gasteiger partial charge in [0.05, 0.1) is 0 Å². The van der Waals surface area contributed by atoms with Crippen LogP contribution in [0.4, 0.5) is 0 Å². The first-order valence-corrected chi connectivity index (χ1v) is 8.32. The van der Waals surface area contributed by atoms with Gasteiger partial charge in [-0.25, -0.2) is 0 Å². The third-order valence-corrected chi connectivity index (χ3v) is 4.87. The lowest BCUT2D eigenvalue weighted by Gasteiger charge is -2.31. The maximum absolute atomic E-state index is 12.5. The Kier molecular flexibility index (Phi) is 5.80. The Hall–Kier alpha value is -1.59. The molecule has 0 aromatic carbocycles. The standard InChI is InChI=1S/C16H26N2O4/c1-10(16(21)22)17-14(19)12-8-4-5-9-13(12)15(20)18-11-6-2-3-7-11/h10-13H,2-9H2,1H3,(H,17,19)(H,18,20)(H,21,22). The van der Waals surface area contributed by atoms with Gasteiger partial charge in [-0.05, 0) is 32.6 Å². The van der Waals surface area contributed by atoms with Crippen molar-refractivity contribution in [1.29, 1.82) is 0 Å². The van der Waals surface area contributed by atoms with Gasteiger partial charge in [0, 0.05) is 17.9 Å². The molecule has 2 rings (SSSR count). The Labute approximate surface area is 131 Å². The quantitative estimate of drug-likeness (QED) is 0.716. The molecule has 3 N–H and O–H groups in total. The molecular formula is C16H26N2O4. The summed E-state index contributed by atoms with van der Waals surface area (Å²) in [6, 6.07) is -0.677. The van der Waals surface area contributed by atoms with E-state index >= 15 is 0 Å². The molecule has 0 aromatic rings. The molecule has 3 unspecified atom stereocenters. The van der Waals surface area contributed by atoms with Crippen LogP contribution in [-0.2, 0) is 14.4 Å². The van der Waals surface area contributed by atoms with Crippen LogP contribution < -0.4 is 10.6 Å². The molecule has 2 fully saturated rings. The van der Waals surface area contributed by atoms with Crippen molar-refractivity contribution >= 4 is 17.8 Å². The van der Waals surface area contributed by atoms with Gasteiger partial charge in [0.25, 0.3) is 0 Å². The Morgan fingerprint density at radius 2 is 1.41 bits per heavy atom. The highest BCUT2D eigenvalue weighted by atomic mass is 16.4. The van der Waals surface area contributed by atoms with Crippen molar-refractivity contribution in [2.45, 2.75) is 70.4 Å². The molecule has 3 atom stereocenters. The Balaban J connectivity index is 1.95. The molecule has 0 bridgehead atoms. The maximum atomic E-state index is 12.5. The zero-order chi connectivity index (χ0) is 16.1. The molecule has 2 saturated carbocycles. The van der Waals surface area contributed by atoms with Crippen LogP contribution in [0.3, 0.4) is 0 Å². The second-order valence-electron chi connectivity index (χ2n) is 6.56. The zero-order valence-electron chi connectivity index (χ0n) is 13.1. The van der Waals surface area contributed by atoms with E-state index in [4.69, 9.17) is 5.11 Å². The summed E-state index contributed by atoms with van der Waals surface area (Å²) >= 11 is 0. The molecule has 2 aliphatic rings. The van der Waals surface area contributed by atoms with Gasteiger partial charge in [-0.15, -0.1) is 0 Å². The van der Waals surface area contributed by atoms with Gasteiger partial charge >= 0.3 is 5.97 Å². The van der Waals surface area contributed by atoms with Crippen molar-refractivity contribution in [3.63, 3.8) is 0 Å². The van der Waals surface area contributed by atoms with Crippen LogP contribution in [-0.4, -0.2) is 35.0 Å². The highest BCUT2D eigenvalue weighted by molar-refractivity contribution is 5.90. The molecule has 0 aliphatic heterocycles. The normalized spacial score (nSPS) is 27.1. The molecule has 6 nitrogen and oxygen atoms in total. The summed E-state index contributed by atoms with van der Waals surface area (Å²) in [7, 11) is 0. The van der Waals surface area contributed by atoms with E-state index in [0.29, 0.717) is 12.8 Å². The minimum atomic E-state index is -1.06. The number of hydrogen-bond donors (Lipinski definition) is 3. The van der Waals surface area contributed by atoms with Crippen LogP contribution in [0.2, 0.25) is 0 Å². The molecule has 6 heteroatoms. The lowest BCUT2D eigenvalue weighted by atomic mass is 9.78. The van der Waals surface area contributed by atoms with Crippen molar-refractivity contribution < 1.29 is 19.5 Å². The highest BCUT2D eigenvalue weighted by Crippen LogP contribution is 2.31. The second-order valence-corrected chi connectivity index (χ2v) is 6.56. The fraction of sp³-hybridized carbons (Fsp3) is 0.812. The minimum Gasteiger partial charge on any atom is -0.480 e. The van der Waals surface area contributed by atoms with Crippen LogP contribution in [0.25, 0.3) is 0 Å². The number of carboxylic acid groups (broad SMARTS) is 1. The van der Waals surface area contributed by atoms with E-state index in [2.05, 4.69) is 10.6 Å². The Morgan fingerprint density at radius 3 is 1.95 bits per heavy atom. The number of nitrogens with one attached hydrogen (secondary N) is 2. The molecule has 0 radical (unpaired) electrons. The van der Waals surface area contributed by atoms with E-state index in [1.54, 1.807) is 0 Å². The molecule has 2 amide bonds. The largest absolute Gasteiger partial charge is 0.480 e. The number of amides is 2. The molecule has 22 heavy (non-hydrogen) atoms. The maximum Gasteiger partial charge on any atom is 0.325 e. The third kappa shape index (κ3) is 4.21. The Bertz CT molecular complexity index is 432. The predicted molar refractivity (Wildman–Crippen MR) is 81.1 cm³/mol. The van der Waals surface area contributed by atoms with Crippen LogP contribution in [0.1, 0.15) is 58.3 Å². The Morgan fingerprint density at radius 1 is 0.909 bits per heavy atom. The first-order chi connectivity index (χ1) is 10.5. The summed E-state index contributed by atoms with van der Waals surface area (Å²) in [5.41, 5.74) is 0. The lowest BCUT2D eigenvalue weighted by Crippen LogP contribution is -2.48. The number of carbonyl (C=O) groups is 3. The van der Waals surface area contributed by atoms with Crippen LogP contribution in [0.5, 0.6) is 0 Å². The minimum absolute atomic E-state index is 0.0327. The molecular weight excluding hydrogens is 284 g/mol. The van der Waals surface area contributed by atoms with Gasteiger partial charge < -0.3 is 15.7 Å². The van der Waals surface area contributed by atoms with Gasteiger partial charge in [-0.1, -0.05) is 25.7 Å². The van der Waals surface area contributed by atoms with Gasteiger partial charge in [0.2, 0.25) is 11.8 Å². The first-order valence-electron chi connectivity index (χ1n) is 8.32. The van der Waals surface area contributed by atoms with E-state index in [1.165, 1.54) is 6.92 Å². The van der Waals surface area contributed by atoms with Gasteiger partial charge in [-0.3, -0.25) is 14.4 Å². The van der Waals surface area contributed by atoms with Crippen molar-refractivity contribution in [2.24, 2.45) is 11.8 Å². The summed E-state index contributed by atoms with van der Waals surface area (Å²) in [6.07, 6.45) is 7.55.